The van der Waals surface area contributed by atoms with Crippen LogP contribution in [0.2, 0.25) is 5.02 Å². The quantitative estimate of drug-likeness (QED) is 0.568. The lowest BCUT2D eigenvalue weighted by molar-refractivity contribution is 0.604. The van der Waals surface area contributed by atoms with Gasteiger partial charge in [0.25, 0.3) is 0 Å². The van der Waals surface area contributed by atoms with Crippen LogP contribution < -0.4 is 0 Å². The Balaban J connectivity index is 2.31. The predicted octanol–water partition coefficient (Wildman–Crippen LogP) is 6.34. The second kappa shape index (κ2) is 5.47. The molecule has 1 heterocycles. The van der Waals surface area contributed by atoms with Gasteiger partial charge in [-0.25, -0.2) is 0 Å². The number of alkyl halides is 1. The number of hydrogen-bond acceptors (Lipinski definition) is 1. The summed E-state index contributed by atoms with van der Waals surface area (Å²) in [5.41, 5.74) is 2.31. The van der Waals surface area contributed by atoms with Gasteiger partial charge in [-0.15, -0.1) is 22.9 Å². The standard InChI is InChI=1S/C16H18Cl2S/c1-10-5-6-11(9-12(10)17)15(18)13-7-8-14(19-13)16(2,3)4/h5-9,15H,1-4H3. The zero-order chi connectivity index (χ0) is 14.2. The van der Waals surface area contributed by atoms with Crippen molar-refractivity contribution < 1.29 is 0 Å². The van der Waals surface area contributed by atoms with Crippen molar-refractivity contribution in [2.75, 3.05) is 0 Å². The molecule has 0 aliphatic carbocycles. The van der Waals surface area contributed by atoms with Gasteiger partial charge < -0.3 is 0 Å². The van der Waals surface area contributed by atoms with Gasteiger partial charge >= 0.3 is 0 Å². The SMILES string of the molecule is Cc1ccc(C(Cl)c2ccc(C(C)(C)C)s2)cc1Cl. The third-order valence-electron chi connectivity index (χ3n) is 3.10. The normalized spacial score (nSPS) is 13.6. The van der Waals surface area contributed by atoms with Gasteiger partial charge in [-0.1, -0.05) is 44.5 Å². The molecule has 0 radical (unpaired) electrons. The summed E-state index contributed by atoms with van der Waals surface area (Å²) in [5.74, 6) is 0. The van der Waals surface area contributed by atoms with Crippen molar-refractivity contribution >= 4 is 34.5 Å². The molecule has 1 aromatic carbocycles. The first-order valence-electron chi connectivity index (χ1n) is 6.29. The molecule has 0 fully saturated rings. The van der Waals surface area contributed by atoms with Crippen molar-refractivity contribution in [2.45, 2.75) is 38.5 Å². The van der Waals surface area contributed by atoms with Crippen LogP contribution in [0.25, 0.3) is 0 Å². The van der Waals surface area contributed by atoms with E-state index in [1.165, 1.54) is 9.75 Å². The van der Waals surface area contributed by atoms with Crippen LogP contribution in [0, 0.1) is 6.92 Å². The molecular formula is C16H18Cl2S. The maximum Gasteiger partial charge on any atom is 0.0928 e. The molecule has 0 bridgehead atoms. The molecule has 0 saturated carbocycles. The molecule has 0 spiro atoms. The van der Waals surface area contributed by atoms with Gasteiger partial charge in [0.2, 0.25) is 0 Å². The highest BCUT2D eigenvalue weighted by Gasteiger charge is 2.20. The van der Waals surface area contributed by atoms with E-state index in [-0.39, 0.29) is 10.8 Å². The molecule has 0 N–H and O–H groups in total. The lowest BCUT2D eigenvalue weighted by Crippen LogP contribution is -2.07. The summed E-state index contributed by atoms with van der Waals surface area (Å²) in [6.07, 6.45) is 0. The number of benzene rings is 1. The molecule has 1 unspecified atom stereocenters. The second-order valence-electron chi connectivity index (χ2n) is 5.82. The van der Waals surface area contributed by atoms with Gasteiger partial charge in [0, 0.05) is 14.8 Å². The summed E-state index contributed by atoms with van der Waals surface area (Å²) in [7, 11) is 0. The van der Waals surface area contributed by atoms with Crippen LogP contribution in [0.5, 0.6) is 0 Å². The van der Waals surface area contributed by atoms with Crippen LogP contribution in [0.15, 0.2) is 30.3 Å². The van der Waals surface area contributed by atoms with E-state index >= 15 is 0 Å². The van der Waals surface area contributed by atoms with Crippen molar-refractivity contribution in [1.82, 2.24) is 0 Å². The molecule has 1 aromatic heterocycles. The number of aryl methyl sites for hydroxylation is 1. The van der Waals surface area contributed by atoms with Crippen molar-refractivity contribution in [3.8, 4) is 0 Å². The first-order chi connectivity index (χ1) is 8.79. The minimum atomic E-state index is -0.126. The van der Waals surface area contributed by atoms with Crippen LogP contribution >= 0.6 is 34.5 Å². The van der Waals surface area contributed by atoms with Crippen LogP contribution in [-0.4, -0.2) is 0 Å². The average molecular weight is 313 g/mol. The number of hydrogen-bond donors (Lipinski definition) is 0. The highest BCUT2D eigenvalue weighted by atomic mass is 35.5. The largest absolute Gasteiger partial charge is 0.143 e. The topological polar surface area (TPSA) is 0 Å². The van der Waals surface area contributed by atoms with Gasteiger partial charge in [0.15, 0.2) is 0 Å². The summed E-state index contributed by atoms with van der Waals surface area (Å²) >= 11 is 14.5. The van der Waals surface area contributed by atoms with Crippen LogP contribution in [0.4, 0.5) is 0 Å². The van der Waals surface area contributed by atoms with E-state index in [0.29, 0.717) is 0 Å². The molecule has 19 heavy (non-hydrogen) atoms. The minimum absolute atomic E-state index is 0.126. The van der Waals surface area contributed by atoms with E-state index in [4.69, 9.17) is 23.2 Å². The fraction of sp³-hybridized carbons (Fsp3) is 0.375. The van der Waals surface area contributed by atoms with E-state index in [9.17, 15) is 0 Å². The lowest BCUT2D eigenvalue weighted by atomic mass is 9.95. The van der Waals surface area contributed by atoms with Gasteiger partial charge in [-0.3, -0.25) is 0 Å². The maximum atomic E-state index is 6.57. The molecule has 1 atom stereocenters. The first kappa shape index (κ1) is 14.9. The number of thiophene rings is 1. The second-order valence-corrected chi connectivity index (χ2v) is 7.78. The van der Waals surface area contributed by atoms with Crippen LogP contribution in [0.3, 0.4) is 0 Å². The predicted molar refractivity (Wildman–Crippen MR) is 86.9 cm³/mol. The molecule has 2 aromatic rings. The van der Waals surface area contributed by atoms with E-state index in [1.54, 1.807) is 11.3 Å². The highest BCUT2D eigenvalue weighted by molar-refractivity contribution is 7.12. The average Bonchev–Trinajstić information content (AvgIpc) is 2.81. The van der Waals surface area contributed by atoms with Crippen LogP contribution in [0.1, 0.15) is 47.0 Å². The first-order valence-corrected chi connectivity index (χ1v) is 7.92. The van der Waals surface area contributed by atoms with E-state index in [0.717, 1.165) is 16.1 Å². The van der Waals surface area contributed by atoms with E-state index in [2.05, 4.69) is 39.0 Å². The molecule has 2 rings (SSSR count). The summed E-state index contributed by atoms with van der Waals surface area (Å²) in [6.45, 7) is 8.65. The molecule has 0 aliphatic rings. The Labute approximate surface area is 129 Å². The molecule has 0 saturated heterocycles. The monoisotopic (exact) mass is 312 g/mol. The summed E-state index contributed by atoms with van der Waals surface area (Å²) in [4.78, 5) is 2.53. The summed E-state index contributed by atoms with van der Waals surface area (Å²) in [6, 6.07) is 10.3. The Kier molecular flexibility index (Phi) is 4.29. The molecule has 0 aliphatic heterocycles. The van der Waals surface area contributed by atoms with Gasteiger partial charge in [-0.2, -0.15) is 0 Å². The van der Waals surface area contributed by atoms with E-state index in [1.807, 2.05) is 19.1 Å². The fourth-order valence-electron chi connectivity index (χ4n) is 1.82. The summed E-state index contributed by atoms with van der Waals surface area (Å²) < 4.78 is 0. The third kappa shape index (κ3) is 3.34. The van der Waals surface area contributed by atoms with Crippen LogP contribution in [-0.2, 0) is 5.41 Å². The van der Waals surface area contributed by atoms with Gasteiger partial charge in [0.1, 0.15) is 0 Å². The minimum Gasteiger partial charge on any atom is -0.143 e. The molecule has 3 heteroatoms. The number of rotatable bonds is 2. The maximum absolute atomic E-state index is 6.57. The Morgan fingerprint density at radius 3 is 2.32 bits per heavy atom. The van der Waals surface area contributed by atoms with Crippen molar-refractivity contribution in [3.05, 3.63) is 56.2 Å². The molecule has 0 amide bonds. The number of halogens is 2. The fourth-order valence-corrected chi connectivity index (χ4v) is 3.43. The Morgan fingerprint density at radius 2 is 1.79 bits per heavy atom. The van der Waals surface area contributed by atoms with Gasteiger partial charge in [0.05, 0.1) is 5.38 Å². The molecular weight excluding hydrogens is 295 g/mol. The van der Waals surface area contributed by atoms with E-state index < -0.39 is 0 Å². The highest BCUT2D eigenvalue weighted by Crippen LogP contribution is 2.38. The third-order valence-corrected chi connectivity index (χ3v) is 5.70. The van der Waals surface area contributed by atoms with Gasteiger partial charge in [-0.05, 0) is 41.7 Å². The molecule has 0 nitrogen and oxygen atoms in total. The zero-order valence-corrected chi connectivity index (χ0v) is 14.0. The lowest BCUT2D eigenvalue weighted by Gasteiger charge is -2.15. The Hall–Kier alpha value is -0.500. The summed E-state index contributed by atoms with van der Waals surface area (Å²) in [5, 5.41) is 0.648. The smallest absolute Gasteiger partial charge is 0.0928 e. The van der Waals surface area contributed by atoms with Crippen molar-refractivity contribution in [1.29, 1.82) is 0 Å². The Morgan fingerprint density at radius 1 is 1.11 bits per heavy atom. The van der Waals surface area contributed by atoms with Crippen molar-refractivity contribution in [2.24, 2.45) is 0 Å². The Bertz CT molecular complexity index is 579. The molecule has 102 valence electrons. The zero-order valence-electron chi connectivity index (χ0n) is 11.6. The van der Waals surface area contributed by atoms with Crippen molar-refractivity contribution in [3.63, 3.8) is 0 Å².